The third-order valence-corrected chi connectivity index (χ3v) is 5.20. The Morgan fingerprint density at radius 3 is 2.28 bits per heavy atom. The number of halogens is 3. The molecule has 0 spiro atoms. The lowest BCUT2D eigenvalue weighted by Crippen LogP contribution is -2.34. The van der Waals surface area contributed by atoms with Gasteiger partial charge in [-0.25, -0.2) is 14.7 Å². The number of alkyl halides is 3. The summed E-state index contributed by atoms with van der Waals surface area (Å²) in [6.07, 6.45) is -3.91. The van der Waals surface area contributed by atoms with Crippen molar-refractivity contribution >= 4 is 17.9 Å². The Morgan fingerprint density at radius 1 is 1.03 bits per heavy atom. The fourth-order valence-corrected chi connectivity index (χ4v) is 3.84. The summed E-state index contributed by atoms with van der Waals surface area (Å²) in [5.74, 6) is -0.112. The number of aromatic nitrogens is 2. The largest absolute Gasteiger partial charge is 0.440 e. The van der Waals surface area contributed by atoms with E-state index in [2.05, 4.69) is 15.3 Å². The molecule has 6 nitrogen and oxygen atoms in total. The molecule has 2 heterocycles. The summed E-state index contributed by atoms with van der Waals surface area (Å²) >= 11 is 0. The zero-order chi connectivity index (χ0) is 22.9. The fraction of sp³-hybridized carbons (Fsp3) is 0.261. The first-order valence-electron chi connectivity index (χ1n) is 9.95. The fourth-order valence-electron chi connectivity index (χ4n) is 3.84. The van der Waals surface area contributed by atoms with Gasteiger partial charge < -0.3 is 10.1 Å². The van der Waals surface area contributed by atoms with Crippen molar-refractivity contribution < 1.29 is 22.7 Å². The van der Waals surface area contributed by atoms with Gasteiger partial charge in [0.2, 0.25) is 5.95 Å². The van der Waals surface area contributed by atoms with Gasteiger partial charge in [0.1, 0.15) is 17.5 Å². The molecule has 2 atom stereocenters. The van der Waals surface area contributed by atoms with Crippen molar-refractivity contribution in [3.05, 3.63) is 84.1 Å². The molecule has 166 valence electrons. The van der Waals surface area contributed by atoms with E-state index in [4.69, 9.17) is 4.74 Å². The Kier molecular flexibility index (Phi) is 5.50. The molecule has 3 aromatic rings. The average molecular weight is 442 g/mol. The van der Waals surface area contributed by atoms with Crippen molar-refractivity contribution in [1.29, 1.82) is 0 Å². The molecule has 2 unspecified atom stereocenters. The summed E-state index contributed by atoms with van der Waals surface area (Å²) in [4.78, 5) is 22.2. The number of anilines is 2. The highest BCUT2D eigenvalue weighted by molar-refractivity contribution is 5.90. The van der Waals surface area contributed by atoms with Crippen LogP contribution < -0.4 is 10.2 Å². The number of nitrogens with one attached hydrogen (secondary N) is 1. The molecule has 4 rings (SSSR count). The molecule has 0 saturated carbocycles. The first kappa shape index (κ1) is 21.6. The van der Waals surface area contributed by atoms with Crippen molar-refractivity contribution in [1.82, 2.24) is 9.97 Å². The summed E-state index contributed by atoms with van der Waals surface area (Å²) in [5, 5.41) is 2.36. The van der Waals surface area contributed by atoms with E-state index < -0.39 is 30.0 Å². The number of hydrogen-bond donors (Lipinski definition) is 1. The number of nitrogens with zero attached hydrogens (tertiary/aromatic N) is 3. The second-order valence-corrected chi connectivity index (χ2v) is 7.92. The quantitative estimate of drug-likeness (QED) is 0.552. The molecule has 0 aliphatic carbocycles. The molecule has 1 aromatic heterocycles. The molecule has 1 amide bonds. The topological polar surface area (TPSA) is 67.3 Å². The van der Waals surface area contributed by atoms with Gasteiger partial charge in [0.15, 0.2) is 6.04 Å². The highest BCUT2D eigenvalue weighted by Gasteiger charge is 2.50. The van der Waals surface area contributed by atoms with Gasteiger partial charge in [-0.15, -0.1) is 0 Å². The maximum atomic E-state index is 13.7. The highest BCUT2D eigenvalue weighted by atomic mass is 19.4. The van der Waals surface area contributed by atoms with Crippen LogP contribution in [-0.2, 0) is 4.74 Å². The molecule has 1 aliphatic rings. The zero-order valence-electron chi connectivity index (χ0n) is 17.4. The van der Waals surface area contributed by atoms with Crippen LogP contribution in [-0.4, -0.2) is 27.8 Å². The number of carbonyl (C=O) groups excluding carboxylic acids is 1. The van der Waals surface area contributed by atoms with Crippen LogP contribution in [0.1, 0.15) is 37.1 Å². The van der Waals surface area contributed by atoms with Gasteiger partial charge in [-0.1, -0.05) is 60.7 Å². The number of rotatable bonds is 5. The Balaban J connectivity index is 1.69. The Bertz CT molecular complexity index is 1090. The summed E-state index contributed by atoms with van der Waals surface area (Å²) in [6.45, 7) is 3.55. The number of hydrogen-bond acceptors (Lipinski definition) is 5. The number of carbonyl (C=O) groups is 1. The number of cyclic esters (lactones) is 1. The molecular weight excluding hydrogens is 421 g/mol. The minimum atomic E-state index is -4.58. The second-order valence-electron chi connectivity index (χ2n) is 7.92. The van der Waals surface area contributed by atoms with E-state index in [9.17, 15) is 18.0 Å². The molecule has 2 aromatic carbocycles. The Labute approximate surface area is 183 Å². The average Bonchev–Trinajstić information content (AvgIpc) is 3.00. The minimum absolute atomic E-state index is 0.0258. The van der Waals surface area contributed by atoms with Crippen molar-refractivity contribution in [2.24, 2.45) is 0 Å². The van der Waals surface area contributed by atoms with Gasteiger partial charge >= 0.3 is 12.3 Å². The lowest BCUT2D eigenvalue weighted by molar-refractivity contribution is -0.144. The SMILES string of the molecule is CC1(C)OC(=O)N(c2ccnc(NC(c3ccccc3)C(F)(F)F)n2)C1c1ccccc1. The zero-order valence-corrected chi connectivity index (χ0v) is 17.4. The van der Waals surface area contributed by atoms with Gasteiger partial charge in [-0.3, -0.25) is 0 Å². The van der Waals surface area contributed by atoms with E-state index in [1.807, 2.05) is 30.3 Å². The van der Waals surface area contributed by atoms with Crippen LogP contribution in [0.25, 0.3) is 0 Å². The minimum Gasteiger partial charge on any atom is -0.440 e. The highest BCUT2D eigenvalue weighted by Crippen LogP contribution is 2.43. The Hall–Kier alpha value is -3.62. The molecule has 1 fully saturated rings. The number of ether oxygens (including phenoxy) is 1. The van der Waals surface area contributed by atoms with Crippen LogP contribution in [0.4, 0.5) is 29.7 Å². The van der Waals surface area contributed by atoms with Crippen LogP contribution in [0.3, 0.4) is 0 Å². The van der Waals surface area contributed by atoms with E-state index in [1.165, 1.54) is 41.4 Å². The predicted octanol–water partition coefficient (Wildman–Crippen LogP) is 5.67. The summed E-state index contributed by atoms with van der Waals surface area (Å²) in [7, 11) is 0. The molecule has 0 bridgehead atoms. The predicted molar refractivity (Wildman–Crippen MR) is 113 cm³/mol. The van der Waals surface area contributed by atoms with E-state index in [-0.39, 0.29) is 17.3 Å². The molecule has 0 radical (unpaired) electrons. The summed E-state index contributed by atoms with van der Waals surface area (Å²) in [5.41, 5.74) is -0.0398. The van der Waals surface area contributed by atoms with Gasteiger partial charge in [0.25, 0.3) is 0 Å². The maximum absolute atomic E-state index is 13.7. The van der Waals surface area contributed by atoms with Gasteiger partial charge in [0.05, 0.1) is 0 Å². The number of amides is 1. The van der Waals surface area contributed by atoms with E-state index >= 15 is 0 Å². The van der Waals surface area contributed by atoms with Crippen molar-refractivity contribution in [3.8, 4) is 0 Å². The monoisotopic (exact) mass is 442 g/mol. The third kappa shape index (κ3) is 4.23. The van der Waals surface area contributed by atoms with E-state index in [1.54, 1.807) is 19.9 Å². The molecule has 1 N–H and O–H groups in total. The smallest absolute Gasteiger partial charge is 0.416 e. The lowest BCUT2D eigenvalue weighted by Gasteiger charge is -2.29. The summed E-state index contributed by atoms with van der Waals surface area (Å²) < 4.78 is 46.8. The normalized spacial score (nSPS) is 18.8. The van der Waals surface area contributed by atoms with Crippen LogP contribution in [0.2, 0.25) is 0 Å². The van der Waals surface area contributed by atoms with Gasteiger partial charge in [-0.2, -0.15) is 18.2 Å². The van der Waals surface area contributed by atoms with Crippen molar-refractivity contribution in [2.75, 3.05) is 10.2 Å². The molecule has 1 aliphatic heterocycles. The first-order valence-corrected chi connectivity index (χ1v) is 9.95. The van der Waals surface area contributed by atoms with Crippen LogP contribution in [0, 0.1) is 0 Å². The molecule has 32 heavy (non-hydrogen) atoms. The van der Waals surface area contributed by atoms with Gasteiger partial charge in [-0.05, 0) is 31.0 Å². The van der Waals surface area contributed by atoms with E-state index in [0.717, 1.165) is 5.56 Å². The van der Waals surface area contributed by atoms with Crippen LogP contribution in [0.5, 0.6) is 0 Å². The van der Waals surface area contributed by atoms with Gasteiger partial charge in [0, 0.05) is 6.20 Å². The Morgan fingerprint density at radius 2 is 1.66 bits per heavy atom. The molecule has 9 heteroatoms. The second kappa shape index (κ2) is 8.14. The molecular formula is C23H21F3N4O2. The van der Waals surface area contributed by atoms with E-state index in [0.29, 0.717) is 0 Å². The molecule has 1 saturated heterocycles. The first-order chi connectivity index (χ1) is 15.2. The van der Waals surface area contributed by atoms with Crippen molar-refractivity contribution in [3.63, 3.8) is 0 Å². The standard InChI is InChI=1S/C23H21F3N4O2/c1-22(2)19(16-11-7-4-8-12-16)30(21(31)32-22)17-13-14-27-20(28-17)29-18(23(24,25)26)15-9-5-3-6-10-15/h3-14,18-19H,1-2H3,(H,27,28,29). The van der Waals surface area contributed by atoms with Crippen LogP contribution >= 0.6 is 0 Å². The third-order valence-electron chi connectivity index (χ3n) is 5.20. The number of benzene rings is 2. The van der Waals surface area contributed by atoms with Crippen molar-refractivity contribution in [2.45, 2.75) is 37.7 Å². The lowest BCUT2D eigenvalue weighted by atomic mass is 9.91. The van der Waals surface area contributed by atoms with Crippen LogP contribution in [0.15, 0.2) is 72.9 Å². The summed E-state index contributed by atoms with van der Waals surface area (Å²) in [6, 6.07) is 15.6. The maximum Gasteiger partial charge on any atom is 0.416 e.